The van der Waals surface area contributed by atoms with Crippen molar-refractivity contribution in [3.8, 4) is 11.8 Å². The maximum atomic E-state index is 14.3. The third kappa shape index (κ3) is 4.46. The van der Waals surface area contributed by atoms with Gasteiger partial charge in [-0.2, -0.15) is 14.6 Å². The molecule has 3 aromatic rings. The summed E-state index contributed by atoms with van der Waals surface area (Å²) in [6, 6.07) is 9.88. The van der Waals surface area contributed by atoms with E-state index in [4.69, 9.17) is 0 Å². The highest BCUT2D eigenvalue weighted by Gasteiger charge is 2.25. The first-order chi connectivity index (χ1) is 15.1. The van der Waals surface area contributed by atoms with E-state index in [0.717, 1.165) is 5.69 Å². The Morgan fingerprint density at radius 3 is 2.62 bits per heavy atom. The zero-order chi connectivity index (χ0) is 23.6. The Morgan fingerprint density at radius 1 is 1.31 bits per heavy atom. The second-order valence-corrected chi connectivity index (χ2v) is 10.4. The van der Waals surface area contributed by atoms with Gasteiger partial charge in [0.15, 0.2) is 0 Å². The minimum atomic E-state index is -3.68. The second-order valence-electron chi connectivity index (χ2n) is 7.21. The lowest BCUT2D eigenvalue weighted by atomic mass is 10.1. The van der Waals surface area contributed by atoms with Crippen LogP contribution in [-0.2, 0) is 14.6 Å². The maximum Gasteiger partial charge on any atom is 0.268 e. The zero-order valence-corrected chi connectivity index (χ0v) is 19.4. The summed E-state index contributed by atoms with van der Waals surface area (Å²) in [7, 11) is -3.68. The predicted octanol–water partition coefficient (Wildman–Crippen LogP) is 3.81. The van der Waals surface area contributed by atoms with E-state index in [-0.39, 0.29) is 15.9 Å². The lowest BCUT2D eigenvalue weighted by Crippen LogP contribution is -2.16. The highest BCUT2D eigenvalue weighted by Crippen LogP contribution is 2.25. The normalized spacial score (nSPS) is 12.1. The lowest BCUT2D eigenvalue weighted by Gasteiger charge is -2.10. The van der Waals surface area contributed by atoms with Crippen LogP contribution in [0.25, 0.3) is 11.8 Å². The molecule has 1 aromatic carbocycles. The second kappa shape index (κ2) is 9.02. The molecule has 0 aliphatic rings. The summed E-state index contributed by atoms with van der Waals surface area (Å²) >= 11 is 0.710. The molecule has 0 aliphatic carbocycles. The van der Waals surface area contributed by atoms with Crippen molar-refractivity contribution in [3.05, 3.63) is 58.7 Å². The molecule has 0 saturated carbocycles. The molecule has 0 atom stereocenters. The first kappa shape index (κ1) is 23.3. The Morgan fingerprint density at radius 2 is 2.00 bits per heavy atom. The average molecular weight is 474 g/mol. The third-order valence-corrected chi connectivity index (χ3v) is 7.41. The fraction of sp³-hybridized carbons (Fsp3) is 0.238. The number of para-hydroxylation sites is 1. The predicted molar refractivity (Wildman–Crippen MR) is 120 cm³/mol. The molecule has 166 valence electrons. The molecule has 1 N–H and O–H groups in total. The van der Waals surface area contributed by atoms with E-state index < -0.39 is 26.8 Å². The number of amides is 1. The fourth-order valence-electron chi connectivity index (χ4n) is 2.99. The summed E-state index contributed by atoms with van der Waals surface area (Å²) in [4.78, 5) is 16.4. The van der Waals surface area contributed by atoms with Gasteiger partial charge in [0.05, 0.1) is 10.9 Å². The Balaban J connectivity index is 1.90. The molecule has 0 radical (unpaired) electrons. The Kier molecular flexibility index (Phi) is 6.57. The van der Waals surface area contributed by atoms with Crippen molar-refractivity contribution >= 4 is 38.5 Å². The number of nitrogens with one attached hydrogen (secondary N) is 1. The van der Waals surface area contributed by atoms with Crippen LogP contribution in [0.1, 0.15) is 30.8 Å². The molecule has 8 nitrogen and oxygen atoms in total. The lowest BCUT2D eigenvalue weighted by molar-refractivity contribution is -0.112. The van der Waals surface area contributed by atoms with Crippen LogP contribution in [0.15, 0.2) is 41.1 Å². The number of hydrogen-bond acceptors (Lipinski definition) is 7. The van der Waals surface area contributed by atoms with Gasteiger partial charge >= 0.3 is 0 Å². The van der Waals surface area contributed by atoms with Gasteiger partial charge in [-0.25, -0.2) is 12.8 Å². The molecule has 0 unspecified atom stereocenters. The number of aryl methyl sites for hydroxylation is 1. The van der Waals surface area contributed by atoms with Gasteiger partial charge in [0, 0.05) is 22.9 Å². The number of anilines is 1. The van der Waals surface area contributed by atoms with Crippen molar-refractivity contribution in [1.82, 2.24) is 13.9 Å². The van der Waals surface area contributed by atoms with Crippen molar-refractivity contribution in [2.75, 3.05) is 5.32 Å². The van der Waals surface area contributed by atoms with Gasteiger partial charge in [-0.1, -0.05) is 12.1 Å². The molecule has 2 heterocycles. The first-order valence-electron chi connectivity index (χ1n) is 9.50. The van der Waals surface area contributed by atoms with E-state index in [2.05, 4.69) is 14.7 Å². The van der Waals surface area contributed by atoms with E-state index in [9.17, 15) is 22.9 Å². The standard InChI is InChI=1S/C21H20FN5O3S2/c1-12(2)32(29,30)21-25-20(31-26-21)24-19(28)16(11-23)10-15-9-13(3)27(14(15)4)18-8-6-5-7-17(18)22/h5-10,12H,1-4H3,(H,24,25,26,28)/b16-10-. The summed E-state index contributed by atoms with van der Waals surface area (Å²) in [5, 5.41) is 10.8. The molecule has 11 heteroatoms. The number of carbonyl (C=O) groups excluding carboxylic acids is 1. The Hall–Kier alpha value is -3.36. The number of sulfone groups is 1. The van der Waals surface area contributed by atoms with Crippen LogP contribution in [0.4, 0.5) is 9.52 Å². The van der Waals surface area contributed by atoms with Crippen LogP contribution in [-0.4, -0.2) is 33.5 Å². The van der Waals surface area contributed by atoms with Crippen molar-refractivity contribution in [2.24, 2.45) is 0 Å². The molecule has 0 fully saturated rings. The number of aromatic nitrogens is 3. The van der Waals surface area contributed by atoms with Crippen molar-refractivity contribution in [3.63, 3.8) is 0 Å². The quantitative estimate of drug-likeness (QED) is 0.430. The monoisotopic (exact) mass is 473 g/mol. The molecular weight excluding hydrogens is 453 g/mol. The van der Waals surface area contributed by atoms with Gasteiger partial charge in [0.2, 0.25) is 15.0 Å². The van der Waals surface area contributed by atoms with Crippen LogP contribution in [0.5, 0.6) is 0 Å². The average Bonchev–Trinajstić information content (AvgIpc) is 3.31. The SMILES string of the molecule is Cc1cc(/C=C(/C#N)C(=O)Nc2nc(S(=O)(=O)C(C)C)ns2)c(C)n1-c1ccccc1F. The van der Waals surface area contributed by atoms with Gasteiger partial charge in [-0.15, -0.1) is 0 Å². The molecule has 2 aromatic heterocycles. The maximum absolute atomic E-state index is 14.3. The highest BCUT2D eigenvalue weighted by molar-refractivity contribution is 7.91. The summed E-state index contributed by atoms with van der Waals surface area (Å²) in [6.07, 6.45) is 1.39. The number of carbonyl (C=O) groups is 1. The van der Waals surface area contributed by atoms with Gasteiger partial charge in [-0.3, -0.25) is 10.1 Å². The number of rotatable bonds is 6. The molecule has 0 saturated heterocycles. The van der Waals surface area contributed by atoms with Gasteiger partial charge in [0.1, 0.15) is 17.5 Å². The van der Waals surface area contributed by atoms with E-state index in [1.54, 1.807) is 42.7 Å². The molecule has 0 spiro atoms. The van der Waals surface area contributed by atoms with Crippen molar-refractivity contribution < 1.29 is 17.6 Å². The summed E-state index contributed by atoms with van der Waals surface area (Å²) in [5.74, 6) is -1.15. The summed E-state index contributed by atoms with van der Waals surface area (Å²) in [6.45, 7) is 6.55. The number of hydrogen-bond donors (Lipinski definition) is 1. The van der Waals surface area contributed by atoms with E-state index in [1.165, 1.54) is 26.0 Å². The Bertz CT molecular complexity index is 1360. The highest BCUT2D eigenvalue weighted by atomic mass is 32.2. The smallest absolute Gasteiger partial charge is 0.268 e. The zero-order valence-electron chi connectivity index (χ0n) is 17.7. The van der Waals surface area contributed by atoms with Gasteiger partial charge < -0.3 is 4.57 Å². The molecule has 3 rings (SSSR count). The van der Waals surface area contributed by atoms with Crippen LogP contribution in [0, 0.1) is 31.0 Å². The van der Waals surface area contributed by atoms with Crippen molar-refractivity contribution in [1.29, 1.82) is 5.26 Å². The summed E-state index contributed by atoms with van der Waals surface area (Å²) < 4.78 is 44.1. The number of nitrogens with zero attached hydrogens (tertiary/aromatic N) is 4. The van der Waals surface area contributed by atoms with Crippen LogP contribution < -0.4 is 5.32 Å². The topological polar surface area (TPSA) is 118 Å². The first-order valence-corrected chi connectivity index (χ1v) is 11.8. The Labute approximate surface area is 189 Å². The van der Waals surface area contributed by atoms with Crippen LogP contribution >= 0.6 is 11.5 Å². The van der Waals surface area contributed by atoms with Gasteiger partial charge in [-0.05, 0) is 57.5 Å². The van der Waals surface area contributed by atoms with Crippen molar-refractivity contribution in [2.45, 2.75) is 38.1 Å². The third-order valence-electron chi connectivity index (χ3n) is 4.73. The molecule has 1 amide bonds. The van der Waals surface area contributed by atoms with E-state index in [0.29, 0.717) is 28.5 Å². The number of nitriles is 1. The molecule has 0 aliphatic heterocycles. The molecule has 0 bridgehead atoms. The number of benzene rings is 1. The van der Waals surface area contributed by atoms with Gasteiger partial charge in [0.25, 0.3) is 11.1 Å². The molecular formula is C21H20FN5O3S2. The number of halogens is 1. The van der Waals surface area contributed by atoms with Crippen LogP contribution in [0.2, 0.25) is 0 Å². The largest absolute Gasteiger partial charge is 0.315 e. The minimum Gasteiger partial charge on any atom is -0.315 e. The van der Waals surface area contributed by atoms with E-state index >= 15 is 0 Å². The summed E-state index contributed by atoms with van der Waals surface area (Å²) in [5.41, 5.74) is 2.08. The van der Waals surface area contributed by atoms with E-state index in [1.807, 2.05) is 6.07 Å². The fourth-order valence-corrected chi connectivity index (χ4v) is 4.69. The van der Waals surface area contributed by atoms with Crippen LogP contribution in [0.3, 0.4) is 0 Å². The molecule has 32 heavy (non-hydrogen) atoms. The minimum absolute atomic E-state index is 0.0350.